The van der Waals surface area contributed by atoms with Crippen LogP contribution in [0, 0.1) is 6.92 Å². The van der Waals surface area contributed by atoms with Crippen LogP contribution in [0.5, 0.6) is 5.75 Å². The third-order valence-corrected chi connectivity index (χ3v) is 5.06. The van der Waals surface area contributed by atoms with E-state index in [1.54, 1.807) is 4.90 Å². The van der Waals surface area contributed by atoms with Crippen LogP contribution >= 0.6 is 0 Å². The third kappa shape index (κ3) is 3.74. The van der Waals surface area contributed by atoms with Crippen molar-refractivity contribution in [3.05, 3.63) is 59.2 Å². The molecule has 1 N–H and O–H groups in total. The Hall–Kier alpha value is -3.02. The molecule has 140 valence electrons. The Morgan fingerprint density at radius 1 is 1.00 bits per heavy atom. The van der Waals surface area contributed by atoms with Gasteiger partial charge in [0.2, 0.25) is 0 Å². The molecule has 2 aliphatic rings. The maximum atomic E-state index is 12.8. The number of nitrogens with zero attached hydrogens (tertiary/aromatic N) is 2. The van der Waals surface area contributed by atoms with Gasteiger partial charge in [-0.2, -0.15) is 0 Å². The number of nitrogens with one attached hydrogen (secondary N) is 1. The van der Waals surface area contributed by atoms with E-state index in [-0.39, 0.29) is 11.9 Å². The molecule has 4 rings (SSSR count). The van der Waals surface area contributed by atoms with Gasteiger partial charge in [-0.1, -0.05) is 12.1 Å². The minimum Gasteiger partial charge on any atom is -0.493 e. The van der Waals surface area contributed by atoms with Crippen LogP contribution < -0.4 is 10.1 Å². The normalized spacial score (nSPS) is 15.9. The summed E-state index contributed by atoms with van der Waals surface area (Å²) in [5.41, 5.74) is 3.68. The standard InChI is InChI=1S/C21H23N3O3/c1-15-3-2-4-18(13-15)22-21(26)24-10-8-23(9-11-24)20(25)17-5-6-19-16(14-17)7-12-27-19/h2-6,13-14H,7-12H2,1H3,(H,22,26). The van der Waals surface area contributed by atoms with Gasteiger partial charge >= 0.3 is 6.03 Å². The zero-order valence-corrected chi connectivity index (χ0v) is 15.4. The molecule has 6 nitrogen and oxygen atoms in total. The fourth-order valence-electron chi connectivity index (χ4n) is 3.54. The van der Waals surface area contributed by atoms with Gasteiger partial charge in [-0.05, 0) is 48.4 Å². The first kappa shape index (κ1) is 17.4. The molecule has 1 saturated heterocycles. The number of urea groups is 1. The van der Waals surface area contributed by atoms with Gasteiger partial charge < -0.3 is 19.9 Å². The van der Waals surface area contributed by atoms with E-state index >= 15 is 0 Å². The summed E-state index contributed by atoms with van der Waals surface area (Å²) in [4.78, 5) is 28.8. The summed E-state index contributed by atoms with van der Waals surface area (Å²) in [6, 6.07) is 13.2. The van der Waals surface area contributed by atoms with Crippen molar-refractivity contribution in [2.24, 2.45) is 0 Å². The van der Waals surface area contributed by atoms with Crippen molar-refractivity contribution < 1.29 is 14.3 Å². The topological polar surface area (TPSA) is 61.9 Å². The lowest BCUT2D eigenvalue weighted by Crippen LogP contribution is -2.51. The predicted octanol–water partition coefficient (Wildman–Crippen LogP) is 2.92. The van der Waals surface area contributed by atoms with E-state index in [9.17, 15) is 9.59 Å². The highest BCUT2D eigenvalue weighted by Crippen LogP contribution is 2.26. The minimum absolute atomic E-state index is 0.0171. The van der Waals surface area contributed by atoms with Crippen LogP contribution in [0.15, 0.2) is 42.5 Å². The highest BCUT2D eigenvalue weighted by Gasteiger charge is 2.26. The molecule has 0 unspecified atom stereocenters. The van der Waals surface area contributed by atoms with Gasteiger partial charge in [0.15, 0.2) is 0 Å². The van der Waals surface area contributed by atoms with Gasteiger partial charge in [0.05, 0.1) is 6.61 Å². The quantitative estimate of drug-likeness (QED) is 0.890. The first-order chi connectivity index (χ1) is 13.1. The number of rotatable bonds is 2. The number of piperazine rings is 1. The molecule has 3 amide bonds. The molecular weight excluding hydrogens is 342 g/mol. The fraction of sp³-hybridized carbons (Fsp3) is 0.333. The van der Waals surface area contributed by atoms with E-state index in [0.717, 1.165) is 29.0 Å². The molecule has 2 aromatic rings. The summed E-state index contributed by atoms with van der Waals surface area (Å²) in [7, 11) is 0. The monoisotopic (exact) mass is 365 g/mol. The van der Waals surface area contributed by atoms with Gasteiger partial charge in [0, 0.05) is 43.9 Å². The van der Waals surface area contributed by atoms with Crippen molar-refractivity contribution in [1.29, 1.82) is 0 Å². The van der Waals surface area contributed by atoms with Crippen molar-refractivity contribution >= 4 is 17.6 Å². The van der Waals surface area contributed by atoms with E-state index in [0.29, 0.717) is 38.3 Å². The lowest BCUT2D eigenvalue weighted by atomic mass is 10.1. The van der Waals surface area contributed by atoms with Crippen LogP contribution in [0.1, 0.15) is 21.5 Å². The highest BCUT2D eigenvalue weighted by molar-refractivity contribution is 5.95. The second-order valence-electron chi connectivity index (χ2n) is 7.00. The first-order valence-corrected chi connectivity index (χ1v) is 9.28. The molecule has 0 aromatic heterocycles. The minimum atomic E-state index is -0.123. The number of anilines is 1. The number of aryl methyl sites for hydroxylation is 1. The van der Waals surface area contributed by atoms with Gasteiger partial charge in [-0.25, -0.2) is 4.79 Å². The van der Waals surface area contributed by atoms with Gasteiger partial charge in [-0.15, -0.1) is 0 Å². The number of ether oxygens (including phenoxy) is 1. The molecule has 2 heterocycles. The van der Waals surface area contributed by atoms with E-state index < -0.39 is 0 Å². The molecule has 0 spiro atoms. The number of hydrogen-bond donors (Lipinski definition) is 1. The lowest BCUT2D eigenvalue weighted by Gasteiger charge is -2.34. The van der Waals surface area contributed by atoms with Crippen LogP contribution in [-0.2, 0) is 6.42 Å². The summed E-state index contributed by atoms with van der Waals surface area (Å²) in [6.07, 6.45) is 0.851. The van der Waals surface area contributed by atoms with E-state index in [4.69, 9.17) is 4.74 Å². The number of benzene rings is 2. The molecule has 0 bridgehead atoms. The molecule has 27 heavy (non-hydrogen) atoms. The smallest absolute Gasteiger partial charge is 0.321 e. The molecule has 6 heteroatoms. The second-order valence-corrected chi connectivity index (χ2v) is 7.00. The van der Waals surface area contributed by atoms with Crippen molar-refractivity contribution in [3.8, 4) is 5.75 Å². The van der Waals surface area contributed by atoms with Crippen molar-refractivity contribution in [1.82, 2.24) is 9.80 Å². The van der Waals surface area contributed by atoms with E-state index in [1.165, 1.54) is 0 Å². The van der Waals surface area contributed by atoms with Crippen molar-refractivity contribution in [2.45, 2.75) is 13.3 Å². The van der Waals surface area contributed by atoms with Crippen LogP contribution in [0.3, 0.4) is 0 Å². The maximum Gasteiger partial charge on any atom is 0.321 e. The van der Waals surface area contributed by atoms with E-state index in [2.05, 4.69) is 5.32 Å². The Kier molecular flexibility index (Phi) is 4.71. The number of hydrogen-bond acceptors (Lipinski definition) is 3. The fourth-order valence-corrected chi connectivity index (χ4v) is 3.54. The summed E-state index contributed by atoms with van der Waals surface area (Å²) in [6.45, 7) is 4.79. The number of amides is 3. The zero-order chi connectivity index (χ0) is 18.8. The summed E-state index contributed by atoms with van der Waals surface area (Å²) >= 11 is 0. The maximum absolute atomic E-state index is 12.8. The number of fused-ring (bicyclic) bond motifs is 1. The van der Waals surface area contributed by atoms with Crippen LogP contribution in [0.4, 0.5) is 10.5 Å². The predicted molar refractivity (Wildman–Crippen MR) is 103 cm³/mol. The van der Waals surface area contributed by atoms with Gasteiger partial charge in [-0.3, -0.25) is 4.79 Å². The molecule has 2 aromatic carbocycles. The van der Waals surface area contributed by atoms with Crippen LogP contribution in [0.2, 0.25) is 0 Å². The second kappa shape index (κ2) is 7.31. The average molecular weight is 365 g/mol. The average Bonchev–Trinajstić information content (AvgIpc) is 3.15. The number of carbonyl (C=O) groups excluding carboxylic acids is 2. The Morgan fingerprint density at radius 3 is 2.56 bits per heavy atom. The summed E-state index contributed by atoms with van der Waals surface area (Å²) < 4.78 is 5.50. The molecule has 0 radical (unpaired) electrons. The molecule has 1 fully saturated rings. The molecular formula is C21H23N3O3. The molecule has 2 aliphatic heterocycles. The Balaban J connectivity index is 1.34. The zero-order valence-electron chi connectivity index (χ0n) is 15.4. The Morgan fingerprint density at radius 2 is 1.78 bits per heavy atom. The van der Waals surface area contributed by atoms with Crippen LogP contribution in [0.25, 0.3) is 0 Å². The largest absolute Gasteiger partial charge is 0.493 e. The van der Waals surface area contributed by atoms with E-state index in [1.807, 2.05) is 54.3 Å². The molecule has 0 atom stereocenters. The van der Waals surface area contributed by atoms with Crippen LogP contribution in [-0.4, -0.2) is 54.5 Å². The SMILES string of the molecule is Cc1cccc(NC(=O)N2CCN(C(=O)c3ccc4c(c3)CCO4)CC2)c1. The van der Waals surface area contributed by atoms with Crippen molar-refractivity contribution in [2.75, 3.05) is 38.1 Å². The van der Waals surface area contributed by atoms with Gasteiger partial charge in [0.1, 0.15) is 5.75 Å². The summed E-state index contributed by atoms with van der Waals surface area (Å²) in [5, 5.41) is 2.93. The molecule has 0 aliphatic carbocycles. The number of carbonyl (C=O) groups is 2. The van der Waals surface area contributed by atoms with Crippen molar-refractivity contribution in [3.63, 3.8) is 0 Å². The highest BCUT2D eigenvalue weighted by atomic mass is 16.5. The molecule has 0 saturated carbocycles. The Labute approximate surface area is 158 Å². The Bertz CT molecular complexity index is 873. The van der Waals surface area contributed by atoms with Gasteiger partial charge in [0.25, 0.3) is 5.91 Å². The third-order valence-electron chi connectivity index (χ3n) is 5.06. The lowest BCUT2D eigenvalue weighted by molar-refractivity contribution is 0.0671. The first-order valence-electron chi connectivity index (χ1n) is 9.28. The summed E-state index contributed by atoms with van der Waals surface area (Å²) in [5.74, 6) is 0.896.